The fourth-order valence-electron chi connectivity index (χ4n) is 4.86. The minimum absolute atomic E-state index is 0.0427. The van der Waals surface area contributed by atoms with Gasteiger partial charge in [-0.15, -0.1) is 0 Å². The molecule has 2 aromatic carbocycles. The third-order valence-electron chi connectivity index (χ3n) is 6.85. The second-order valence-corrected chi connectivity index (χ2v) is 9.21. The molecule has 0 bridgehead atoms. The summed E-state index contributed by atoms with van der Waals surface area (Å²) in [6.45, 7) is 5.51. The molecule has 3 heterocycles. The van der Waals surface area contributed by atoms with Crippen molar-refractivity contribution in [2.24, 2.45) is 0 Å². The number of rotatable bonds is 7. The maximum Gasteiger partial charge on any atom is 0.337 e. The van der Waals surface area contributed by atoms with Gasteiger partial charge in [-0.3, -0.25) is 14.5 Å². The van der Waals surface area contributed by atoms with Crippen LogP contribution < -0.4 is 0 Å². The van der Waals surface area contributed by atoms with Crippen molar-refractivity contribution < 1.29 is 33.4 Å². The van der Waals surface area contributed by atoms with Gasteiger partial charge in [-0.05, 0) is 42.8 Å². The third-order valence-corrected chi connectivity index (χ3v) is 6.85. The number of nitrogens with zero attached hydrogens (tertiary/aromatic N) is 2. The quantitative estimate of drug-likeness (QED) is 0.385. The Morgan fingerprint density at radius 3 is 2.49 bits per heavy atom. The van der Waals surface area contributed by atoms with Crippen LogP contribution in [-0.2, 0) is 14.3 Å². The molecule has 1 amide bonds. The van der Waals surface area contributed by atoms with Crippen LogP contribution in [0.25, 0.3) is 11.0 Å². The third kappa shape index (κ3) is 4.75. The highest BCUT2D eigenvalue weighted by Crippen LogP contribution is 2.39. The van der Waals surface area contributed by atoms with E-state index in [1.807, 2.05) is 19.1 Å². The Morgan fingerprint density at radius 1 is 1.05 bits per heavy atom. The summed E-state index contributed by atoms with van der Waals surface area (Å²) in [5, 5.41) is 11.7. The standard InChI is InChI=1S/C28H28N2O7/c1-17-3-8-21-20(15-17)16-22(37-21)25(31)23-24(18-4-6-19(7-5-18)28(34)35-2)30(27(33)26(23)32)10-9-29-11-13-36-14-12-29/h3-8,15-16,24,32H,9-14H2,1-2H3. The lowest BCUT2D eigenvalue weighted by Gasteiger charge is -2.31. The summed E-state index contributed by atoms with van der Waals surface area (Å²) < 4.78 is 16.0. The molecule has 1 atom stereocenters. The molecule has 37 heavy (non-hydrogen) atoms. The Morgan fingerprint density at radius 2 is 1.78 bits per heavy atom. The van der Waals surface area contributed by atoms with Gasteiger partial charge in [0, 0.05) is 31.6 Å². The number of aliphatic hydroxyl groups is 1. The van der Waals surface area contributed by atoms with Crippen molar-refractivity contribution in [3.05, 3.63) is 82.3 Å². The highest BCUT2D eigenvalue weighted by molar-refractivity contribution is 6.16. The van der Waals surface area contributed by atoms with Gasteiger partial charge in [0.1, 0.15) is 5.58 Å². The first-order valence-electron chi connectivity index (χ1n) is 12.1. The lowest BCUT2D eigenvalue weighted by molar-refractivity contribution is -0.129. The van der Waals surface area contributed by atoms with Gasteiger partial charge in [-0.1, -0.05) is 23.8 Å². The van der Waals surface area contributed by atoms with E-state index in [0.29, 0.717) is 43.0 Å². The van der Waals surface area contributed by atoms with Crippen LogP contribution in [0, 0.1) is 6.92 Å². The van der Waals surface area contributed by atoms with Gasteiger partial charge in [0.05, 0.1) is 37.5 Å². The number of aliphatic hydroxyl groups excluding tert-OH is 1. The van der Waals surface area contributed by atoms with Crippen LogP contribution in [0.3, 0.4) is 0 Å². The number of benzene rings is 2. The molecule has 1 fully saturated rings. The van der Waals surface area contributed by atoms with Crippen molar-refractivity contribution in [1.82, 2.24) is 9.80 Å². The monoisotopic (exact) mass is 504 g/mol. The first-order valence-corrected chi connectivity index (χ1v) is 12.1. The molecular formula is C28H28N2O7. The highest BCUT2D eigenvalue weighted by atomic mass is 16.5. The zero-order valence-electron chi connectivity index (χ0n) is 20.7. The molecule has 2 aliphatic rings. The van der Waals surface area contributed by atoms with Gasteiger partial charge in [-0.25, -0.2) is 4.79 Å². The first kappa shape index (κ1) is 24.7. The SMILES string of the molecule is COC(=O)c1ccc(C2C(C(=O)c3cc4cc(C)ccc4o3)=C(O)C(=O)N2CCN2CCOCC2)cc1. The normalized spacial score (nSPS) is 18.6. The maximum atomic E-state index is 13.7. The molecule has 0 spiro atoms. The molecule has 5 rings (SSSR count). The number of aryl methyl sites for hydroxylation is 1. The lowest BCUT2D eigenvalue weighted by Crippen LogP contribution is -2.43. The fourth-order valence-corrected chi connectivity index (χ4v) is 4.86. The number of ether oxygens (including phenoxy) is 2. The van der Waals surface area contributed by atoms with Crippen molar-refractivity contribution >= 4 is 28.6 Å². The number of hydrogen-bond acceptors (Lipinski definition) is 8. The molecule has 0 saturated carbocycles. The molecule has 0 radical (unpaired) electrons. The van der Waals surface area contributed by atoms with Crippen molar-refractivity contribution in [1.29, 1.82) is 0 Å². The topological polar surface area (TPSA) is 110 Å². The van der Waals surface area contributed by atoms with E-state index in [1.54, 1.807) is 36.4 Å². The molecule has 9 heteroatoms. The van der Waals surface area contributed by atoms with Gasteiger partial charge in [0.15, 0.2) is 11.5 Å². The van der Waals surface area contributed by atoms with Crippen LogP contribution in [-0.4, -0.2) is 79.1 Å². The zero-order valence-corrected chi connectivity index (χ0v) is 20.7. The largest absolute Gasteiger partial charge is 0.503 e. The number of amides is 1. The summed E-state index contributed by atoms with van der Waals surface area (Å²) in [5.41, 5.74) is 2.44. The molecule has 9 nitrogen and oxygen atoms in total. The number of morpholine rings is 1. The number of esters is 1. The minimum Gasteiger partial charge on any atom is -0.503 e. The van der Waals surface area contributed by atoms with Crippen LogP contribution in [0.2, 0.25) is 0 Å². The smallest absolute Gasteiger partial charge is 0.337 e. The van der Waals surface area contributed by atoms with Gasteiger partial charge >= 0.3 is 5.97 Å². The van der Waals surface area contributed by atoms with Crippen LogP contribution in [0.15, 0.2) is 64.3 Å². The zero-order chi connectivity index (χ0) is 26.1. The van der Waals surface area contributed by atoms with Gasteiger partial charge < -0.3 is 23.9 Å². The second kappa shape index (κ2) is 10.2. The highest BCUT2D eigenvalue weighted by Gasteiger charge is 2.44. The average molecular weight is 505 g/mol. The fraction of sp³-hybridized carbons (Fsp3) is 0.321. The van der Waals surface area contributed by atoms with Crippen molar-refractivity contribution in [2.45, 2.75) is 13.0 Å². The van der Waals surface area contributed by atoms with Crippen LogP contribution in [0.4, 0.5) is 0 Å². The average Bonchev–Trinajstić information content (AvgIpc) is 3.45. The van der Waals surface area contributed by atoms with Crippen molar-refractivity contribution in [3.8, 4) is 0 Å². The summed E-state index contributed by atoms with van der Waals surface area (Å²) in [6.07, 6.45) is 0. The van der Waals surface area contributed by atoms with E-state index in [9.17, 15) is 19.5 Å². The number of Topliss-reactive ketones (excluding diaryl/α,β-unsaturated/α-hetero) is 1. The Balaban J connectivity index is 1.51. The van der Waals surface area contributed by atoms with Crippen molar-refractivity contribution in [3.63, 3.8) is 0 Å². The van der Waals surface area contributed by atoms with Crippen molar-refractivity contribution in [2.75, 3.05) is 46.5 Å². The van der Waals surface area contributed by atoms with E-state index in [0.717, 1.165) is 24.0 Å². The Bertz CT molecular complexity index is 1380. The molecular weight excluding hydrogens is 476 g/mol. The van der Waals surface area contributed by atoms with E-state index < -0.39 is 29.5 Å². The predicted molar refractivity (Wildman–Crippen MR) is 134 cm³/mol. The summed E-state index contributed by atoms with van der Waals surface area (Å²) in [5.74, 6) is -2.22. The molecule has 1 N–H and O–H groups in total. The Kier molecular flexibility index (Phi) is 6.82. The van der Waals surface area contributed by atoms with Gasteiger partial charge in [-0.2, -0.15) is 0 Å². The minimum atomic E-state index is -0.845. The maximum absolute atomic E-state index is 13.7. The van der Waals surface area contributed by atoms with Gasteiger partial charge in [0.25, 0.3) is 5.91 Å². The number of methoxy groups -OCH3 is 1. The number of carbonyl (C=O) groups excluding carboxylic acids is 3. The first-order chi connectivity index (χ1) is 17.9. The summed E-state index contributed by atoms with van der Waals surface area (Å²) in [4.78, 5) is 42.6. The van der Waals surface area contributed by atoms with E-state index in [-0.39, 0.29) is 11.3 Å². The number of ketones is 1. The van der Waals surface area contributed by atoms with E-state index >= 15 is 0 Å². The van der Waals surface area contributed by atoms with E-state index in [4.69, 9.17) is 13.9 Å². The predicted octanol–water partition coefficient (Wildman–Crippen LogP) is 3.44. The summed E-state index contributed by atoms with van der Waals surface area (Å²) >= 11 is 0. The Hall–Kier alpha value is -3.95. The number of carbonyl (C=O) groups is 3. The molecule has 192 valence electrons. The second-order valence-electron chi connectivity index (χ2n) is 9.21. The van der Waals surface area contributed by atoms with Crippen LogP contribution in [0.5, 0.6) is 0 Å². The summed E-state index contributed by atoms with van der Waals surface area (Å²) in [6, 6.07) is 12.8. The number of fused-ring (bicyclic) bond motifs is 1. The summed E-state index contributed by atoms with van der Waals surface area (Å²) in [7, 11) is 1.30. The Labute approximate surface area is 213 Å². The van der Waals surface area contributed by atoms with Crippen LogP contribution >= 0.6 is 0 Å². The van der Waals surface area contributed by atoms with Gasteiger partial charge in [0.2, 0.25) is 5.78 Å². The molecule has 2 aliphatic heterocycles. The molecule has 1 aromatic heterocycles. The van der Waals surface area contributed by atoms with Crippen LogP contribution in [0.1, 0.15) is 38.1 Å². The number of furan rings is 1. The molecule has 1 unspecified atom stereocenters. The molecule has 1 saturated heterocycles. The number of hydrogen-bond donors (Lipinski definition) is 1. The molecule has 0 aliphatic carbocycles. The van der Waals surface area contributed by atoms with E-state index in [1.165, 1.54) is 12.0 Å². The molecule has 3 aromatic rings. The lowest BCUT2D eigenvalue weighted by atomic mass is 9.94. The van der Waals surface area contributed by atoms with E-state index in [2.05, 4.69) is 4.90 Å².